The fourth-order valence-electron chi connectivity index (χ4n) is 4.55. The van der Waals surface area contributed by atoms with E-state index >= 15 is 0 Å². The molecule has 1 aliphatic carbocycles. The first-order valence-corrected chi connectivity index (χ1v) is 12.2. The summed E-state index contributed by atoms with van der Waals surface area (Å²) < 4.78 is 0. The van der Waals surface area contributed by atoms with Crippen molar-refractivity contribution >= 4 is 28.6 Å². The van der Waals surface area contributed by atoms with Crippen LogP contribution in [0.4, 0.5) is 0 Å². The second-order valence-electron chi connectivity index (χ2n) is 8.11. The van der Waals surface area contributed by atoms with E-state index in [9.17, 15) is 4.79 Å². The number of amides is 1. The fourth-order valence-corrected chi connectivity index (χ4v) is 4.96. The number of hydrogen-bond donors (Lipinski definition) is 2. The normalized spacial score (nSPS) is 19.1. The van der Waals surface area contributed by atoms with Gasteiger partial charge in [-0.2, -0.15) is 0 Å². The zero-order valence-electron chi connectivity index (χ0n) is 17.9. The van der Waals surface area contributed by atoms with Crippen molar-refractivity contribution in [1.29, 1.82) is 0 Å². The molecule has 4 rings (SSSR count). The summed E-state index contributed by atoms with van der Waals surface area (Å²) in [7, 11) is 0. The Hall–Kier alpha value is -2.24. The number of nitrogens with one attached hydrogen (secondary N) is 2. The second-order valence-corrected chi connectivity index (χ2v) is 8.99. The van der Waals surface area contributed by atoms with Crippen LogP contribution in [0.15, 0.2) is 59.5 Å². The summed E-state index contributed by atoms with van der Waals surface area (Å²) >= 11 is 1.77. The predicted octanol–water partition coefficient (Wildman–Crippen LogP) is 5.45. The highest BCUT2D eigenvalue weighted by Gasteiger charge is 2.29. The summed E-state index contributed by atoms with van der Waals surface area (Å²) in [5.74, 6) is 0.118. The van der Waals surface area contributed by atoms with Crippen molar-refractivity contribution in [3.63, 3.8) is 0 Å². The molecule has 0 saturated heterocycles. The van der Waals surface area contributed by atoms with Crippen LogP contribution < -0.4 is 5.32 Å². The van der Waals surface area contributed by atoms with Gasteiger partial charge in [-0.25, -0.2) is 0 Å². The molecule has 4 nitrogen and oxygen atoms in total. The summed E-state index contributed by atoms with van der Waals surface area (Å²) in [5.41, 5.74) is 3.03. The van der Waals surface area contributed by atoms with Gasteiger partial charge in [-0.05, 0) is 68.7 Å². The Labute approximate surface area is 183 Å². The van der Waals surface area contributed by atoms with Crippen LogP contribution in [0, 0.1) is 0 Å². The van der Waals surface area contributed by atoms with E-state index in [1.807, 2.05) is 30.3 Å². The number of fused-ring (bicyclic) bond motifs is 1. The van der Waals surface area contributed by atoms with E-state index in [1.54, 1.807) is 11.8 Å². The third-order valence-corrected chi connectivity index (χ3v) is 6.95. The molecule has 5 heteroatoms. The van der Waals surface area contributed by atoms with Crippen molar-refractivity contribution in [2.45, 2.75) is 56.1 Å². The van der Waals surface area contributed by atoms with E-state index in [2.05, 4.69) is 52.6 Å². The first-order chi connectivity index (χ1) is 14.7. The zero-order chi connectivity index (χ0) is 20.9. The molecule has 2 atom stereocenters. The number of para-hydroxylation sites is 1. The van der Waals surface area contributed by atoms with Gasteiger partial charge in [-0.15, -0.1) is 11.8 Å². The van der Waals surface area contributed by atoms with Gasteiger partial charge in [-0.3, -0.25) is 4.79 Å². The number of H-pyrrole nitrogens is 1. The number of aromatic amines is 1. The van der Waals surface area contributed by atoms with Crippen molar-refractivity contribution in [2.75, 3.05) is 12.8 Å². The summed E-state index contributed by atoms with van der Waals surface area (Å²) in [5, 5.41) is 4.82. The molecule has 158 valence electrons. The topological polar surface area (TPSA) is 48.1 Å². The summed E-state index contributed by atoms with van der Waals surface area (Å²) in [6.45, 7) is 3.71. The van der Waals surface area contributed by atoms with Crippen molar-refractivity contribution in [3.8, 4) is 0 Å². The van der Waals surface area contributed by atoms with Crippen LogP contribution in [0.1, 0.15) is 48.7 Å². The molecular weight excluding hydrogens is 390 g/mol. The van der Waals surface area contributed by atoms with Crippen molar-refractivity contribution in [2.24, 2.45) is 0 Å². The van der Waals surface area contributed by atoms with Crippen molar-refractivity contribution in [1.82, 2.24) is 15.2 Å². The van der Waals surface area contributed by atoms with Crippen LogP contribution in [0.25, 0.3) is 10.9 Å². The Balaban J connectivity index is 1.39. The molecule has 1 aromatic heterocycles. The molecule has 1 amide bonds. The number of nitrogens with zero attached hydrogens (tertiary/aromatic N) is 1. The molecule has 2 N–H and O–H groups in total. The molecule has 0 aliphatic heterocycles. The molecule has 0 spiro atoms. The lowest BCUT2D eigenvalue weighted by Gasteiger charge is -2.37. The number of benzene rings is 2. The van der Waals surface area contributed by atoms with Crippen LogP contribution in [-0.4, -0.2) is 40.7 Å². The van der Waals surface area contributed by atoms with Crippen LogP contribution in [0.2, 0.25) is 0 Å². The Morgan fingerprint density at radius 3 is 2.70 bits per heavy atom. The van der Waals surface area contributed by atoms with E-state index in [0.717, 1.165) is 43.3 Å². The van der Waals surface area contributed by atoms with Crippen molar-refractivity contribution in [3.05, 3.63) is 65.9 Å². The minimum Gasteiger partial charge on any atom is -0.351 e. The Morgan fingerprint density at radius 2 is 1.97 bits per heavy atom. The van der Waals surface area contributed by atoms with Gasteiger partial charge in [0, 0.05) is 41.0 Å². The van der Waals surface area contributed by atoms with Crippen LogP contribution >= 0.6 is 11.8 Å². The molecule has 2 aromatic carbocycles. The highest BCUT2D eigenvalue weighted by molar-refractivity contribution is 7.98. The molecule has 1 aliphatic rings. The second kappa shape index (κ2) is 9.71. The molecule has 30 heavy (non-hydrogen) atoms. The summed E-state index contributed by atoms with van der Waals surface area (Å²) in [6.07, 6.45) is 6.54. The standard InChI is InChI=1S/C25H31N3OS/c1-3-28(25(29)24-15-19-7-4-5-10-23(19)27-24)21-9-6-8-20(16-21)26-17-18-11-13-22(30-2)14-12-18/h4-5,7,10-15,20-21,26-27H,3,6,8-9,16-17H2,1-2H3. The maximum atomic E-state index is 13.3. The van der Waals surface area contributed by atoms with E-state index in [-0.39, 0.29) is 5.91 Å². The smallest absolute Gasteiger partial charge is 0.270 e. The average Bonchev–Trinajstić information content (AvgIpc) is 3.23. The Morgan fingerprint density at radius 1 is 1.17 bits per heavy atom. The summed E-state index contributed by atoms with van der Waals surface area (Å²) in [4.78, 5) is 19.9. The number of carbonyl (C=O) groups excluding carboxylic acids is 1. The van der Waals surface area contributed by atoms with E-state index in [0.29, 0.717) is 17.8 Å². The van der Waals surface area contributed by atoms with Gasteiger partial charge in [-0.1, -0.05) is 30.3 Å². The molecular formula is C25H31N3OS. The number of thioether (sulfide) groups is 1. The fraction of sp³-hybridized carbons (Fsp3) is 0.400. The first-order valence-electron chi connectivity index (χ1n) is 10.9. The van der Waals surface area contributed by atoms with Gasteiger partial charge in [0.2, 0.25) is 0 Å². The lowest BCUT2D eigenvalue weighted by atomic mass is 9.89. The maximum Gasteiger partial charge on any atom is 0.270 e. The highest BCUT2D eigenvalue weighted by atomic mass is 32.2. The largest absolute Gasteiger partial charge is 0.351 e. The zero-order valence-corrected chi connectivity index (χ0v) is 18.7. The quantitative estimate of drug-likeness (QED) is 0.499. The minimum absolute atomic E-state index is 0.118. The lowest BCUT2D eigenvalue weighted by molar-refractivity contribution is 0.0623. The van der Waals surface area contributed by atoms with Crippen LogP contribution in [0.5, 0.6) is 0 Å². The van der Waals surface area contributed by atoms with Gasteiger partial charge in [0.25, 0.3) is 5.91 Å². The first kappa shape index (κ1) is 21.0. The third kappa shape index (κ3) is 4.73. The molecule has 1 fully saturated rings. The summed E-state index contributed by atoms with van der Waals surface area (Å²) in [6, 6.07) is 19.6. The van der Waals surface area contributed by atoms with E-state index in [1.165, 1.54) is 16.9 Å². The molecule has 0 radical (unpaired) electrons. The molecule has 3 aromatic rings. The number of rotatable bonds is 7. The van der Waals surface area contributed by atoms with Crippen LogP contribution in [0.3, 0.4) is 0 Å². The SMILES string of the molecule is CCN(C(=O)c1cc2ccccc2[nH]1)C1CCCC(NCc2ccc(SC)cc2)C1. The Kier molecular flexibility index (Phi) is 6.80. The molecule has 2 unspecified atom stereocenters. The van der Waals surface area contributed by atoms with Gasteiger partial charge < -0.3 is 15.2 Å². The van der Waals surface area contributed by atoms with Crippen molar-refractivity contribution < 1.29 is 4.79 Å². The number of carbonyl (C=O) groups is 1. The third-order valence-electron chi connectivity index (χ3n) is 6.20. The lowest BCUT2D eigenvalue weighted by Crippen LogP contribution is -2.46. The monoisotopic (exact) mass is 421 g/mol. The number of hydrogen-bond acceptors (Lipinski definition) is 3. The minimum atomic E-state index is 0.118. The van der Waals surface area contributed by atoms with Crippen LogP contribution in [-0.2, 0) is 6.54 Å². The maximum absolute atomic E-state index is 13.3. The number of aromatic nitrogens is 1. The molecule has 1 saturated carbocycles. The van der Waals surface area contributed by atoms with Gasteiger partial charge in [0.1, 0.15) is 5.69 Å². The highest BCUT2D eigenvalue weighted by Crippen LogP contribution is 2.26. The molecule has 0 bridgehead atoms. The van der Waals surface area contributed by atoms with Gasteiger partial charge in [0.15, 0.2) is 0 Å². The molecule has 1 heterocycles. The van der Waals surface area contributed by atoms with E-state index in [4.69, 9.17) is 0 Å². The average molecular weight is 422 g/mol. The Bertz CT molecular complexity index is 948. The van der Waals surface area contributed by atoms with Gasteiger partial charge in [0.05, 0.1) is 0 Å². The van der Waals surface area contributed by atoms with Gasteiger partial charge >= 0.3 is 0 Å². The predicted molar refractivity (Wildman–Crippen MR) is 126 cm³/mol. The van der Waals surface area contributed by atoms with E-state index < -0.39 is 0 Å².